The van der Waals surface area contributed by atoms with E-state index in [2.05, 4.69) is 56.3 Å². The molecule has 0 amide bonds. The minimum atomic E-state index is 0.330. The fourth-order valence-electron chi connectivity index (χ4n) is 3.79. The van der Waals surface area contributed by atoms with Crippen LogP contribution in [-0.4, -0.2) is 30.3 Å². The lowest BCUT2D eigenvalue weighted by Gasteiger charge is -2.38. The Morgan fingerprint density at radius 3 is 2.67 bits per heavy atom. The molecule has 21 heavy (non-hydrogen) atoms. The number of fused-ring (bicyclic) bond motifs is 1. The van der Waals surface area contributed by atoms with Gasteiger partial charge < -0.3 is 4.74 Å². The molecule has 0 N–H and O–H groups in total. The van der Waals surface area contributed by atoms with Crippen molar-refractivity contribution < 1.29 is 9.22 Å². The summed E-state index contributed by atoms with van der Waals surface area (Å²) in [6.07, 6.45) is 4.02. The summed E-state index contributed by atoms with van der Waals surface area (Å²) >= 11 is 0. The summed E-state index contributed by atoms with van der Waals surface area (Å²) in [5.74, 6) is 1.02. The highest BCUT2D eigenvalue weighted by atomic mass is 16.5. The standard InChI is InChI=1S/C19H26NO/c1-3-13-20(4-2)14-7-10-19(20)21-18-12-11-16-8-5-6-9-17(16)15-18/h5-6,8-9,11-12,15,19H,3-4,7,10,13-14H2,1-2H3/q+1. The number of rotatable bonds is 5. The Morgan fingerprint density at radius 2 is 1.90 bits per heavy atom. The summed E-state index contributed by atoms with van der Waals surface area (Å²) in [7, 11) is 0. The average Bonchev–Trinajstić information content (AvgIpc) is 2.91. The van der Waals surface area contributed by atoms with Gasteiger partial charge in [-0.2, -0.15) is 0 Å². The molecule has 0 spiro atoms. The van der Waals surface area contributed by atoms with Gasteiger partial charge in [0.1, 0.15) is 5.75 Å². The predicted molar refractivity (Wildman–Crippen MR) is 88.4 cm³/mol. The van der Waals surface area contributed by atoms with Crippen LogP contribution < -0.4 is 4.74 Å². The molecule has 1 heterocycles. The molecule has 112 valence electrons. The summed E-state index contributed by atoms with van der Waals surface area (Å²) in [6.45, 7) is 8.25. The fourth-order valence-corrected chi connectivity index (χ4v) is 3.79. The van der Waals surface area contributed by atoms with Crippen LogP contribution in [-0.2, 0) is 0 Å². The molecule has 1 aliphatic heterocycles. The summed E-state index contributed by atoms with van der Waals surface area (Å²) < 4.78 is 7.54. The molecule has 2 heteroatoms. The van der Waals surface area contributed by atoms with Gasteiger partial charge in [-0.05, 0) is 36.2 Å². The van der Waals surface area contributed by atoms with Crippen LogP contribution in [0, 0.1) is 0 Å². The highest BCUT2D eigenvalue weighted by Gasteiger charge is 2.41. The summed E-state index contributed by atoms with van der Waals surface area (Å²) in [5, 5.41) is 2.54. The van der Waals surface area contributed by atoms with Crippen LogP contribution in [0.1, 0.15) is 33.1 Å². The van der Waals surface area contributed by atoms with E-state index in [9.17, 15) is 0 Å². The Kier molecular flexibility index (Phi) is 4.16. The SMILES string of the molecule is CCC[N+]1(CC)CCCC1Oc1ccc2ccccc2c1. The maximum absolute atomic E-state index is 6.42. The molecular weight excluding hydrogens is 258 g/mol. The third-order valence-corrected chi connectivity index (χ3v) is 4.96. The zero-order valence-corrected chi connectivity index (χ0v) is 13.2. The lowest BCUT2D eigenvalue weighted by Crippen LogP contribution is -2.54. The molecule has 0 saturated carbocycles. The van der Waals surface area contributed by atoms with Gasteiger partial charge in [0.15, 0.2) is 0 Å². The second kappa shape index (κ2) is 6.07. The number of hydrogen-bond donors (Lipinski definition) is 0. The first-order valence-electron chi connectivity index (χ1n) is 8.28. The van der Waals surface area contributed by atoms with Gasteiger partial charge in [0, 0.05) is 12.8 Å². The highest BCUT2D eigenvalue weighted by Crippen LogP contribution is 2.31. The molecule has 0 aliphatic carbocycles. The van der Waals surface area contributed by atoms with Crippen molar-refractivity contribution in [2.24, 2.45) is 0 Å². The van der Waals surface area contributed by atoms with Gasteiger partial charge in [-0.15, -0.1) is 0 Å². The second-order valence-electron chi connectivity index (χ2n) is 6.21. The van der Waals surface area contributed by atoms with Crippen LogP contribution in [0.5, 0.6) is 5.75 Å². The molecule has 3 rings (SSSR count). The molecule has 0 aromatic heterocycles. The third kappa shape index (κ3) is 2.77. The first-order valence-corrected chi connectivity index (χ1v) is 8.28. The number of hydrogen-bond acceptors (Lipinski definition) is 1. The molecule has 2 unspecified atom stereocenters. The van der Waals surface area contributed by atoms with Crippen molar-refractivity contribution in [1.29, 1.82) is 0 Å². The van der Waals surface area contributed by atoms with Crippen LogP contribution in [0.15, 0.2) is 42.5 Å². The topological polar surface area (TPSA) is 9.23 Å². The third-order valence-electron chi connectivity index (χ3n) is 4.96. The number of likely N-dealkylation sites (tertiary alicyclic amines) is 1. The number of ether oxygens (including phenoxy) is 1. The van der Waals surface area contributed by atoms with Crippen molar-refractivity contribution in [3.05, 3.63) is 42.5 Å². The van der Waals surface area contributed by atoms with Crippen molar-refractivity contribution >= 4 is 10.8 Å². The van der Waals surface area contributed by atoms with Crippen molar-refractivity contribution in [2.45, 2.75) is 39.3 Å². The maximum Gasteiger partial charge on any atom is 0.233 e. The Hall–Kier alpha value is -1.54. The van der Waals surface area contributed by atoms with Crippen LogP contribution >= 0.6 is 0 Å². The zero-order valence-electron chi connectivity index (χ0n) is 13.2. The summed E-state index contributed by atoms with van der Waals surface area (Å²) in [5.41, 5.74) is 0. The summed E-state index contributed by atoms with van der Waals surface area (Å²) in [4.78, 5) is 0. The molecule has 0 radical (unpaired) electrons. The summed E-state index contributed by atoms with van der Waals surface area (Å²) in [6, 6.07) is 15.0. The van der Waals surface area contributed by atoms with Crippen LogP contribution in [0.4, 0.5) is 0 Å². The molecule has 2 nitrogen and oxygen atoms in total. The first-order chi connectivity index (χ1) is 10.3. The van der Waals surface area contributed by atoms with E-state index in [1.165, 1.54) is 49.7 Å². The first kappa shape index (κ1) is 14.4. The molecule has 2 atom stereocenters. The van der Waals surface area contributed by atoms with E-state index in [0.717, 1.165) is 10.2 Å². The Morgan fingerprint density at radius 1 is 1.10 bits per heavy atom. The van der Waals surface area contributed by atoms with Crippen LogP contribution in [0.3, 0.4) is 0 Å². The molecule has 2 aromatic rings. The smallest absolute Gasteiger partial charge is 0.233 e. The van der Waals surface area contributed by atoms with Crippen molar-refractivity contribution in [3.63, 3.8) is 0 Å². The lowest BCUT2D eigenvalue weighted by molar-refractivity contribution is -0.954. The molecule has 0 bridgehead atoms. The lowest BCUT2D eigenvalue weighted by atomic mass is 10.1. The number of benzene rings is 2. The van der Waals surface area contributed by atoms with Crippen molar-refractivity contribution in [1.82, 2.24) is 0 Å². The zero-order chi connectivity index (χ0) is 14.7. The van der Waals surface area contributed by atoms with E-state index < -0.39 is 0 Å². The minimum absolute atomic E-state index is 0.330. The van der Waals surface area contributed by atoms with Crippen molar-refractivity contribution in [2.75, 3.05) is 19.6 Å². The Labute approximate surface area is 127 Å². The fraction of sp³-hybridized carbons (Fsp3) is 0.474. The van der Waals surface area contributed by atoms with Gasteiger partial charge >= 0.3 is 0 Å². The molecule has 1 aliphatic rings. The van der Waals surface area contributed by atoms with Crippen LogP contribution in [0.25, 0.3) is 10.8 Å². The maximum atomic E-state index is 6.42. The normalized spacial score (nSPS) is 25.3. The second-order valence-corrected chi connectivity index (χ2v) is 6.21. The monoisotopic (exact) mass is 284 g/mol. The van der Waals surface area contributed by atoms with Crippen molar-refractivity contribution in [3.8, 4) is 5.75 Å². The Balaban J connectivity index is 1.83. The number of nitrogens with zero attached hydrogens (tertiary/aromatic N) is 1. The minimum Gasteiger partial charge on any atom is -0.443 e. The molecule has 2 aromatic carbocycles. The largest absolute Gasteiger partial charge is 0.443 e. The van der Waals surface area contributed by atoms with Crippen LogP contribution in [0.2, 0.25) is 0 Å². The molecule has 1 saturated heterocycles. The number of quaternary nitrogens is 1. The van der Waals surface area contributed by atoms with Gasteiger partial charge in [0.05, 0.1) is 19.6 Å². The molecular formula is C19H26NO+. The van der Waals surface area contributed by atoms with E-state index in [0.29, 0.717) is 6.23 Å². The van der Waals surface area contributed by atoms with Gasteiger partial charge in [0.25, 0.3) is 0 Å². The van der Waals surface area contributed by atoms with Gasteiger partial charge in [0.2, 0.25) is 6.23 Å². The predicted octanol–water partition coefficient (Wildman–Crippen LogP) is 4.59. The van der Waals surface area contributed by atoms with Gasteiger partial charge in [-0.3, -0.25) is 4.48 Å². The highest BCUT2D eigenvalue weighted by molar-refractivity contribution is 5.83. The Bertz CT molecular complexity index is 609. The van der Waals surface area contributed by atoms with Gasteiger partial charge in [-0.1, -0.05) is 37.3 Å². The average molecular weight is 284 g/mol. The molecule has 1 fully saturated rings. The van der Waals surface area contributed by atoms with Gasteiger partial charge in [-0.25, -0.2) is 0 Å². The van der Waals surface area contributed by atoms with E-state index in [1.54, 1.807) is 0 Å². The van der Waals surface area contributed by atoms with E-state index >= 15 is 0 Å². The van der Waals surface area contributed by atoms with E-state index in [-0.39, 0.29) is 0 Å². The van der Waals surface area contributed by atoms with E-state index in [4.69, 9.17) is 4.74 Å². The quantitative estimate of drug-likeness (QED) is 0.730. The van der Waals surface area contributed by atoms with E-state index in [1.807, 2.05) is 0 Å².